The van der Waals surface area contributed by atoms with Crippen molar-refractivity contribution in [2.45, 2.75) is 32.9 Å². The Morgan fingerprint density at radius 3 is 2.70 bits per heavy atom. The first-order valence-corrected chi connectivity index (χ1v) is 9.93. The predicted octanol–water partition coefficient (Wildman–Crippen LogP) is 5.94. The van der Waals surface area contributed by atoms with Crippen molar-refractivity contribution in [1.29, 1.82) is 5.41 Å². The van der Waals surface area contributed by atoms with Crippen LogP contribution in [0.1, 0.15) is 25.8 Å². The Bertz CT molecular complexity index is 811. The molecule has 0 spiro atoms. The van der Waals surface area contributed by atoms with Crippen LogP contribution in [0.3, 0.4) is 0 Å². The number of hydrogen-bond acceptors (Lipinski definition) is 5. The van der Waals surface area contributed by atoms with E-state index in [1.807, 2.05) is 38.1 Å². The van der Waals surface area contributed by atoms with Crippen molar-refractivity contribution in [3.8, 4) is 0 Å². The fraction of sp³-hybridized carbons (Fsp3) is 0.318. The van der Waals surface area contributed by atoms with Crippen LogP contribution in [-0.2, 0) is 6.42 Å². The Morgan fingerprint density at radius 2 is 2.07 bits per heavy atom. The van der Waals surface area contributed by atoms with Crippen LogP contribution < -0.4 is 5.32 Å². The molecule has 1 rings (SSSR count). The number of halogens is 3. The van der Waals surface area contributed by atoms with Gasteiger partial charge < -0.3 is 10.7 Å². The molecule has 0 heterocycles. The Labute approximate surface area is 181 Å². The number of nitrogens with one attached hydrogen (secondary N) is 2. The molecular formula is C22H27F3N4S. The number of hydrazone groups is 1. The third-order valence-electron chi connectivity index (χ3n) is 3.85. The normalized spacial score (nSPS) is 13.1. The van der Waals surface area contributed by atoms with E-state index >= 15 is 0 Å². The fourth-order valence-electron chi connectivity index (χ4n) is 2.44. The smallest absolute Gasteiger partial charge is 0.376 e. The molecule has 2 N–H and O–H groups in total. The molecule has 0 amide bonds. The van der Waals surface area contributed by atoms with Crippen molar-refractivity contribution in [3.63, 3.8) is 0 Å². The van der Waals surface area contributed by atoms with E-state index in [4.69, 9.17) is 17.6 Å². The highest BCUT2D eigenvalue weighted by molar-refractivity contribution is 7.79. The molecule has 0 aliphatic heterocycles. The van der Waals surface area contributed by atoms with Gasteiger partial charge in [-0.1, -0.05) is 49.5 Å². The summed E-state index contributed by atoms with van der Waals surface area (Å²) in [5.41, 5.74) is 3.00. The molecule has 8 heteroatoms. The van der Waals surface area contributed by atoms with Gasteiger partial charge in [-0.25, -0.2) is 0 Å². The lowest BCUT2D eigenvalue weighted by Crippen LogP contribution is -2.21. The third kappa shape index (κ3) is 11.3. The van der Waals surface area contributed by atoms with E-state index in [2.05, 4.69) is 10.4 Å². The number of hydrogen-bond donors (Lipinski definition) is 2. The quantitative estimate of drug-likeness (QED) is 0.140. The Morgan fingerprint density at radius 1 is 1.30 bits per heavy atom. The molecule has 0 fully saturated rings. The van der Waals surface area contributed by atoms with Crippen molar-refractivity contribution in [2.75, 3.05) is 18.4 Å². The van der Waals surface area contributed by atoms with Crippen LogP contribution in [0.4, 0.5) is 18.9 Å². The maximum absolute atomic E-state index is 12.4. The van der Waals surface area contributed by atoms with Gasteiger partial charge in [0.25, 0.3) is 0 Å². The second kappa shape index (κ2) is 13.5. The molecule has 4 nitrogen and oxygen atoms in total. The zero-order chi connectivity index (χ0) is 22.4. The Hall–Kier alpha value is -2.74. The lowest BCUT2D eigenvalue weighted by atomic mass is 10.1. The average molecular weight is 437 g/mol. The van der Waals surface area contributed by atoms with E-state index in [1.165, 1.54) is 11.6 Å². The minimum absolute atomic E-state index is 0.419. The van der Waals surface area contributed by atoms with Crippen LogP contribution in [0.15, 0.2) is 65.4 Å². The summed E-state index contributed by atoms with van der Waals surface area (Å²) in [6, 6.07) is 6.86. The van der Waals surface area contributed by atoms with E-state index in [1.54, 1.807) is 35.5 Å². The van der Waals surface area contributed by atoms with Gasteiger partial charge in [0.15, 0.2) is 0 Å². The summed E-state index contributed by atoms with van der Waals surface area (Å²) < 4.78 is 37.2. The number of anilines is 1. The standard InChI is InChI=1S/C22H27F3N4S/c1-3-19(16-26)8-4-5-11-29(12-7-13-30)28-18(2)14-20-9-6-10-21(15-20)27-17-22(23,24)25/h4-10,12-13,15-16,26-27H,3,11,14,17H2,1-2H3/b5-4-,12-7-,19-8+,26-16?,28-18+. The highest BCUT2D eigenvalue weighted by Gasteiger charge is 2.26. The topological polar surface area (TPSA) is 51.5 Å². The largest absolute Gasteiger partial charge is 0.405 e. The molecule has 1 aromatic rings. The first kappa shape index (κ1) is 25.3. The fourth-order valence-corrected chi connectivity index (χ4v) is 2.51. The summed E-state index contributed by atoms with van der Waals surface area (Å²) in [5.74, 6) is 0. The summed E-state index contributed by atoms with van der Waals surface area (Å²) in [7, 11) is 0. The van der Waals surface area contributed by atoms with E-state index in [-0.39, 0.29) is 0 Å². The lowest BCUT2D eigenvalue weighted by Gasteiger charge is -2.14. The van der Waals surface area contributed by atoms with E-state index in [9.17, 15) is 13.2 Å². The predicted molar refractivity (Wildman–Crippen MR) is 124 cm³/mol. The van der Waals surface area contributed by atoms with E-state index < -0.39 is 12.7 Å². The summed E-state index contributed by atoms with van der Waals surface area (Å²) in [6.07, 6.45) is 7.49. The number of benzene rings is 1. The van der Waals surface area contributed by atoms with Gasteiger partial charge in [-0.15, -0.1) is 0 Å². The van der Waals surface area contributed by atoms with Crippen LogP contribution in [0.25, 0.3) is 0 Å². The maximum atomic E-state index is 12.4. The molecule has 0 atom stereocenters. The van der Waals surface area contributed by atoms with Crippen molar-refractivity contribution >= 4 is 35.2 Å². The van der Waals surface area contributed by atoms with Gasteiger partial charge in [-0.05, 0) is 42.7 Å². The zero-order valence-electron chi connectivity index (χ0n) is 17.1. The van der Waals surface area contributed by atoms with E-state index in [0.29, 0.717) is 18.7 Å². The number of nitrogens with zero attached hydrogens (tertiary/aromatic N) is 2. The van der Waals surface area contributed by atoms with Gasteiger partial charge in [0.05, 0.1) is 6.54 Å². The molecule has 0 bridgehead atoms. The number of rotatable bonds is 12. The maximum Gasteiger partial charge on any atom is 0.405 e. The first-order chi connectivity index (χ1) is 14.3. The van der Waals surface area contributed by atoms with Gasteiger partial charge >= 0.3 is 6.18 Å². The monoisotopic (exact) mass is 436 g/mol. The van der Waals surface area contributed by atoms with Gasteiger partial charge in [0.2, 0.25) is 0 Å². The Balaban J connectivity index is 2.82. The minimum Gasteiger partial charge on any atom is -0.376 e. The summed E-state index contributed by atoms with van der Waals surface area (Å²) in [5, 5.41) is 17.5. The minimum atomic E-state index is -4.26. The highest BCUT2D eigenvalue weighted by Crippen LogP contribution is 2.17. The first-order valence-electron chi connectivity index (χ1n) is 9.45. The molecule has 0 saturated heterocycles. The number of allylic oxidation sites excluding steroid dienone is 4. The molecule has 1 aromatic carbocycles. The SMILES string of the molecule is CC/C(C=N)=C\C=C/CN(/C=C\C=S)/N=C(\C)Cc1cccc(NCC(F)(F)F)c1. The molecule has 0 aliphatic carbocycles. The van der Waals surface area contributed by atoms with Gasteiger partial charge in [-0.2, -0.15) is 18.3 Å². The van der Waals surface area contributed by atoms with Crippen molar-refractivity contribution in [3.05, 3.63) is 65.9 Å². The molecular weight excluding hydrogens is 409 g/mol. The summed E-state index contributed by atoms with van der Waals surface area (Å²) >= 11 is 4.83. The number of alkyl halides is 3. The average Bonchev–Trinajstić information content (AvgIpc) is 2.70. The molecule has 0 aliphatic rings. The second-order valence-electron chi connectivity index (χ2n) is 6.45. The molecule has 30 heavy (non-hydrogen) atoms. The van der Waals surface area contributed by atoms with Crippen LogP contribution in [-0.4, -0.2) is 41.6 Å². The van der Waals surface area contributed by atoms with Crippen LogP contribution in [0.2, 0.25) is 0 Å². The van der Waals surface area contributed by atoms with E-state index in [0.717, 1.165) is 23.3 Å². The molecule has 162 valence electrons. The molecule has 0 unspecified atom stereocenters. The second-order valence-corrected chi connectivity index (χ2v) is 6.72. The summed E-state index contributed by atoms with van der Waals surface area (Å²) in [6.45, 7) is 3.29. The lowest BCUT2D eigenvalue weighted by molar-refractivity contribution is -0.115. The van der Waals surface area contributed by atoms with Gasteiger partial charge in [0.1, 0.15) is 6.54 Å². The molecule has 0 saturated carbocycles. The summed E-state index contributed by atoms with van der Waals surface area (Å²) in [4.78, 5) is 0. The van der Waals surface area contributed by atoms with Crippen LogP contribution in [0, 0.1) is 5.41 Å². The highest BCUT2D eigenvalue weighted by atomic mass is 32.1. The zero-order valence-corrected chi connectivity index (χ0v) is 17.9. The molecule has 0 aromatic heterocycles. The van der Waals surface area contributed by atoms with Gasteiger partial charge in [0, 0.05) is 35.6 Å². The Kier molecular flexibility index (Phi) is 11.4. The van der Waals surface area contributed by atoms with Gasteiger partial charge in [-0.3, -0.25) is 5.01 Å². The van der Waals surface area contributed by atoms with Crippen molar-refractivity contribution in [2.24, 2.45) is 5.10 Å². The number of thiocarbonyl (C=S) groups is 1. The van der Waals surface area contributed by atoms with Crippen LogP contribution in [0.5, 0.6) is 0 Å². The van der Waals surface area contributed by atoms with Crippen LogP contribution >= 0.6 is 12.2 Å². The van der Waals surface area contributed by atoms with Crippen molar-refractivity contribution in [1.82, 2.24) is 5.01 Å². The molecule has 0 radical (unpaired) electrons. The third-order valence-corrected chi connectivity index (χ3v) is 4.01. The van der Waals surface area contributed by atoms with Crippen molar-refractivity contribution < 1.29 is 13.2 Å².